The van der Waals surface area contributed by atoms with Crippen molar-refractivity contribution in [2.24, 2.45) is 0 Å². The lowest BCUT2D eigenvalue weighted by Crippen LogP contribution is -2.26. The molecule has 1 aromatic carbocycles. The minimum atomic E-state index is -0.627. The highest BCUT2D eigenvalue weighted by atomic mass is 19.1. The number of aryl methyl sites for hydroxylation is 1. The van der Waals surface area contributed by atoms with Crippen LogP contribution in [0.25, 0.3) is 0 Å². The SMILES string of the molecule is CCc1noc(CCNC(=O)c2ccc(OC)cc2F)n1. The van der Waals surface area contributed by atoms with Crippen molar-refractivity contribution in [3.8, 4) is 5.75 Å². The quantitative estimate of drug-likeness (QED) is 0.878. The molecule has 7 heteroatoms. The molecule has 6 nitrogen and oxygen atoms in total. The third-order valence-electron chi connectivity index (χ3n) is 2.87. The molecule has 0 radical (unpaired) electrons. The van der Waals surface area contributed by atoms with Crippen molar-refractivity contribution >= 4 is 5.91 Å². The van der Waals surface area contributed by atoms with Crippen LogP contribution in [0.1, 0.15) is 29.0 Å². The zero-order valence-electron chi connectivity index (χ0n) is 11.9. The molecule has 1 N–H and O–H groups in total. The van der Waals surface area contributed by atoms with Crippen molar-refractivity contribution in [1.82, 2.24) is 15.5 Å². The van der Waals surface area contributed by atoms with Crippen LogP contribution in [-0.4, -0.2) is 29.7 Å². The highest BCUT2D eigenvalue weighted by Crippen LogP contribution is 2.16. The van der Waals surface area contributed by atoms with Crippen LogP contribution in [0.2, 0.25) is 0 Å². The number of benzene rings is 1. The third kappa shape index (κ3) is 3.77. The number of nitrogens with zero attached hydrogens (tertiary/aromatic N) is 2. The van der Waals surface area contributed by atoms with E-state index < -0.39 is 11.7 Å². The number of carbonyl (C=O) groups excluding carboxylic acids is 1. The maximum absolute atomic E-state index is 13.7. The Morgan fingerprint density at radius 2 is 2.29 bits per heavy atom. The lowest BCUT2D eigenvalue weighted by molar-refractivity contribution is 0.0949. The van der Waals surface area contributed by atoms with Crippen LogP contribution >= 0.6 is 0 Å². The van der Waals surface area contributed by atoms with E-state index in [-0.39, 0.29) is 12.1 Å². The molecule has 0 fully saturated rings. The number of carbonyl (C=O) groups is 1. The zero-order valence-corrected chi connectivity index (χ0v) is 11.9. The topological polar surface area (TPSA) is 77.2 Å². The van der Waals surface area contributed by atoms with Gasteiger partial charge in [-0.3, -0.25) is 4.79 Å². The molecule has 2 aromatic rings. The molecule has 2 rings (SSSR count). The Balaban J connectivity index is 1.89. The van der Waals surface area contributed by atoms with Gasteiger partial charge in [0.05, 0.1) is 12.7 Å². The number of ether oxygens (including phenoxy) is 1. The minimum Gasteiger partial charge on any atom is -0.497 e. The number of hydrogen-bond donors (Lipinski definition) is 1. The van der Waals surface area contributed by atoms with E-state index in [1.165, 1.54) is 25.3 Å². The summed E-state index contributed by atoms with van der Waals surface area (Å²) in [5, 5.41) is 6.36. The Morgan fingerprint density at radius 1 is 1.48 bits per heavy atom. The first-order valence-corrected chi connectivity index (χ1v) is 6.57. The molecule has 0 spiro atoms. The van der Waals surface area contributed by atoms with Gasteiger partial charge >= 0.3 is 0 Å². The molecule has 0 aliphatic carbocycles. The van der Waals surface area contributed by atoms with Crippen molar-refractivity contribution < 1.29 is 18.4 Å². The summed E-state index contributed by atoms with van der Waals surface area (Å²) in [5.74, 6) is 0.310. The van der Waals surface area contributed by atoms with Crippen LogP contribution in [-0.2, 0) is 12.8 Å². The smallest absolute Gasteiger partial charge is 0.254 e. The van der Waals surface area contributed by atoms with Crippen LogP contribution in [0.5, 0.6) is 5.75 Å². The normalized spacial score (nSPS) is 10.4. The Bertz CT molecular complexity index is 628. The summed E-state index contributed by atoms with van der Waals surface area (Å²) in [6.45, 7) is 2.21. The van der Waals surface area contributed by atoms with Gasteiger partial charge in [-0.05, 0) is 12.1 Å². The van der Waals surface area contributed by atoms with E-state index >= 15 is 0 Å². The molecule has 112 valence electrons. The second-order valence-electron chi connectivity index (χ2n) is 4.31. The molecular weight excluding hydrogens is 277 g/mol. The summed E-state index contributed by atoms with van der Waals surface area (Å²) < 4.78 is 23.6. The number of rotatable bonds is 6. The standard InChI is InChI=1S/C14H16FN3O3/c1-3-12-17-13(21-18-12)6-7-16-14(19)10-5-4-9(20-2)8-11(10)15/h4-5,8H,3,6-7H2,1-2H3,(H,16,19). The molecule has 1 aromatic heterocycles. The van der Waals surface area contributed by atoms with Crippen molar-refractivity contribution in [1.29, 1.82) is 0 Å². The molecule has 0 aliphatic rings. The van der Waals surface area contributed by atoms with Gasteiger partial charge in [0.1, 0.15) is 11.6 Å². The van der Waals surface area contributed by atoms with E-state index in [1.807, 2.05) is 6.92 Å². The first kappa shape index (κ1) is 15.0. The number of halogens is 1. The van der Waals surface area contributed by atoms with E-state index in [0.29, 0.717) is 30.3 Å². The van der Waals surface area contributed by atoms with Gasteiger partial charge in [0.25, 0.3) is 5.91 Å². The summed E-state index contributed by atoms with van der Waals surface area (Å²) in [5.41, 5.74) is -0.0319. The number of amides is 1. The van der Waals surface area contributed by atoms with Gasteiger partial charge in [-0.1, -0.05) is 12.1 Å². The molecule has 0 saturated carbocycles. The maximum atomic E-state index is 13.7. The lowest BCUT2D eigenvalue weighted by Gasteiger charge is -2.06. The average molecular weight is 293 g/mol. The average Bonchev–Trinajstić information content (AvgIpc) is 2.94. The first-order chi connectivity index (χ1) is 10.1. The summed E-state index contributed by atoms with van der Waals surface area (Å²) in [7, 11) is 1.43. The van der Waals surface area contributed by atoms with Crippen molar-refractivity contribution in [3.05, 3.63) is 41.3 Å². The summed E-state index contributed by atoms with van der Waals surface area (Å²) in [6.07, 6.45) is 1.09. The summed E-state index contributed by atoms with van der Waals surface area (Å²) >= 11 is 0. The predicted octanol–water partition coefficient (Wildman–Crippen LogP) is 1.75. The number of nitrogens with one attached hydrogen (secondary N) is 1. The minimum absolute atomic E-state index is 0.0319. The Labute approximate surface area is 121 Å². The first-order valence-electron chi connectivity index (χ1n) is 6.57. The van der Waals surface area contributed by atoms with Gasteiger partial charge in [0, 0.05) is 25.5 Å². The highest BCUT2D eigenvalue weighted by Gasteiger charge is 2.12. The zero-order chi connectivity index (χ0) is 15.2. The number of methoxy groups -OCH3 is 1. The van der Waals surface area contributed by atoms with Crippen molar-refractivity contribution in [2.75, 3.05) is 13.7 Å². The van der Waals surface area contributed by atoms with Gasteiger partial charge in [0.2, 0.25) is 5.89 Å². The van der Waals surface area contributed by atoms with Gasteiger partial charge in [-0.2, -0.15) is 4.98 Å². The second kappa shape index (κ2) is 6.83. The molecule has 1 heterocycles. The second-order valence-corrected chi connectivity index (χ2v) is 4.31. The van der Waals surface area contributed by atoms with E-state index in [0.717, 1.165) is 0 Å². The van der Waals surface area contributed by atoms with Crippen LogP contribution in [0.4, 0.5) is 4.39 Å². The lowest BCUT2D eigenvalue weighted by atomic mass is 10.2. The van der Waals surface area contributed by atoms with Crippen LogP contribution in [0.3, 0.4) is 0 Å². The van der Waals surface area contributed by atoms with E-state index in [9.17, 15) is 9.18 Å². The van der Waals surface area contributed by atoms with E-state index in [1.54, 1.807) is 0 Å². The number of hydrogen-bond acceptors (Lipinski definition) is 5. The van der Waals surface area contributed by atoms with E-state index in [2.05, 4.69) is 15.5 Å². The number of aromatic nitrogens is 2. The monoisotopic (exact) mass is 293 g/mol. The third-order valence-corrected chi connectivity index (χ3v) is 2.87. The molecule has 21 heavy (non-hydrogen) atoms. The molecule has 0 saturated heterocycles. The fraction of sp³-hybridized carbons (Fsp3) is 0.357. The van der Waals surface area contributed by atoms with Crippen LogP contribution in [0, 0.1) is 5.82 Å². The summed E-state index contributed by atoms with van der Waals surface area (Å²) in [6, 6.07) is 4.08. The fourth-order valence-corrected chi connectivity index (χ4v) is 1.72. The van der Waals surface area contributed by atoms with Gasteiger partial charge in [-0.25, -0.2) is 4.39 Å². The Hall–Kier alpha value is -2.44. The fourth-order valence-electron chi connectivity index (χ4n) is 1.72. The molecule has 0 atom stereocenters. The predicted molar refractivity (Wildman–Crippen MR) is 72.7 cm³/mol. The van der Waals surface area contributed by atoms with Gasteiger partial charge < -0.3 is 14.6 Å². The Morgan fingerprint density at radius 3 is 2.90 bits per heavy atom. The summed E-state index contributed by atoms with van der Waals surface area (Å²) in [4.78, 5) is 16.0. The van der Waals surface area contributed by atoms with Crippen LogP contribution in [0.15, 0.2) is 22.7 Å². The highest BCUT2D eigenvalue weighted by molar-refractivity contribution is 5.94. The van der Waals surface area contributed by atoms with Gasteiger partial charge in [-0.15, -0.1) is 0 Å². The molecule has 1 amide bonds. The molecular formula is C14H16FN3O3. The van der Waals surface area contributed by atoms with Crippen LogP contribution < -0.4 is 10.1 Å². The maximum Gasteiger partial charge on any atom is 0.254 e. The molecule has 0 unspecified atom stereocenters. The van der Waals surface area contributed by atoms with Gasteiger partial charge in [0.15, 0.2) is 5.82 Å². The van der Waals surface area contributed by atoms with Crippen molar-refractivity contribution in [3.63, 3.8) is 0 Å². The molecule has 0 aliphatic heterocycles. The molecule has 0 bridgehead atoms. The van der Waals surface area contributed by atoms with Crippen molar-refractivity contribution in [2.45, 2.75) is 19.8 Å². The largest absolute Gasteiger partial charge is 0.497 e. The Kier molecular flexibility index (Phi) is 4.86. The van der Waals surface area contributed by atoms with E-state index in [4.69, 9.17) is 9.26 Å².